The lowest BCUT2D eigenvalue weighted by atomic mass is 9.91. The first-order valence-electron chi connectivity index (χ1n) is 7.49. The topological polar surface area (TPSA) is 46.2 Å². The molecule has 0 aliphatic carbocycles. The summed E-state index contributed by atoms with van der Waals surface area (Å²) in [5, 5.41) is 11.1. The number of nitrogens with two attached hydrogens (primary N) is 1. The van der Waals surface area contributed by atoms with E-state index < -0.39 is 6.10 Å². The quantitative estimate of drug-likeness (QED) is 0.789. The van der Waals surface area contributed by atoms with Gasteiger partial charge in [-0.2, -0.15) is 0 Å². The SMILES string of the molecule is CCC(C)[C@H](O)[C@H](N)c1ccccc1Sc1ccc(Cl)cc1. The molecular formula is C18H22ClNOS. The van der Waals surface area contributed by atoms with Gasteiger partial charge >= 0.3 is 0 Å². The molecule has 4 heteroatoms. The van der Waals surface area contributed by atoms with E-state index >= 15 is 0 Å². The Balaban J connectivity index is 2.24. The van der Waals surface area contributed by atoms with E-state index in [2.05, 4.69) is 6.92 Å². The predicted molar refractivity (Wildman–Crippen MR) is 94.4 cm³/mol. The highest BCUT2D eigenvalue weighted by molar-refractivity contribution is 7.99. The Labute approximate surface area is 141 Å². The summed E-state index contributed by atoms with van der Waals surface area (Å²) in [4.78, 5) is 2.17. The van der Waals surface area contributed by atoms with Crippen LogP contribution in [-0.4, -0.2) is 11.2 Å². The van der Waals surface area contributed by atoms with Crippen molar-refractivity contribution in [2.24, 2.45) is 11.7 Å². The summed E-state index contributed by atoms with van der Waals surface area (Å²) in [6.07, 6.45) is 0.360. The number of rotatable bonds is 6. The fraction of sp³-hybridized carbons (Fsp3) is 0.333. The molecule has 0 spiro atoms. The summed E-state index contributed by atoms with van der Waals surface area (Å²) in [6, 6.07) is 15.3. The fourth-order valence-corrected chi connectivity index (χ4v) is 3.38. The van der Waals surface area contributed by atoms with Gasteiger partial charge < -0.3 is 10.8 Å². The molecular weight excluding hydrogens is 314 g/mol. The maximum Gasteiger partial charge on any atom is 0.0758 e. The van der Waals surface area contributed by atoms with Gasteiger partial charge in [0, 0.05) is 14.8 Å². The third-order valence-electron chi connectivity index (χ3n) is 3.91. The first-order chi connectivity index (χ1) is 10.5. The van der Waals surface area contributed by atoms with Crippen LogP contribution < -0.4 is 5.73 Å². The molecule has 0 aliphatic rings. The standard InChI is InChI=1S/C18H22ClNOS/c1-3-12(2)18(21)17(20)15-6-4-5-7-16(15)22-14-10-8-13(19)9-11-14/h4-12,17-18,21H,3,20H2,1-2H3/t12?,17-,18+/m1/s1. The highest BCUT2D eigenvalue weighted by atomic mass is 35.5. The molecule has 22 heavy (non-hydrogen) atoms. The van der Waals surface area contributed by atoms with E-state index in [-0.39, 0.29) is 12.0 Å². The van der Waals surface area contributed by atoms with E-state index in [1.54, 1.807) is 11.8 Å². The molecule has 3 N–H and O–H groups in total. The molecule has 3 atom stereocenters. The molecule has 0 heterocycles. The Kier molecular flexibility index (Phi) is 6.33. The molecule has 0 saturated carbocycles. The second kappa shape index (κ2) is 8.02. The second-order valence-electron chi connectivity index (χ2n) is 5.50. The minimum atomic E-state index is -0.544. The van der Waals surface area contributed by atoms with Crippen molar-refractivity contribution >= 4 is 23.4 Å². The van der Waals surface area contributed by atoms with Gasteiger partial charge in [-0.25, -0.2) is 0 Å². The van der Waals surface area contributed by atoms with Crippen LogP contribution in [0.25, 0.3) is 0 Å². The number of aliphatic hydroxyl groups is 1. The molecule has 2 rings (SSSR count). The molecule has 118 valence electrons. The highest BCUT2D eigenvalue weighted by Crippen LogP contribution is 2.35. The minimum Gasteiger partial charge on any atom is -0.391 e. The van der Waals surface area contributed by atoms with Gasteiger partial charge in [-0.1, -0.05) is 61.8 Å². The fourth-order valence-electron chi connectivity index (χ4n) is 2.26. The summed E-state index contributed by atoms with van der Waals surface area (Å²) in [5.74, 6) is 0.170. The van der Waals surface area contributed by atoms with Crippen molar-refractivity contribution in [3.05, 3.63) is 59.1 Å². The van der Waals surface area contributed by atoms with Crippen molar-refractivity contribution in [3.63, 3.8) is 0 Å². The zero-order valence-electron chi connectivity index (χ0n) is 12.9. The normalized spacial score (nSPS) is 15.3. The summed E-state index contributed by atoms with van der Waals surface area (Å²) < 4.78 is 0. The lowest BCUT2D eigenvalue weighted by Crippen LogP contribution is -2.31. The molecule has 0 fully saturated rings. The highest BCUT2D eigenvalue weighted by Gasteiger charge is 2.23. The monoisotopic (exact) mass is 335 g/mol. The van der Waals surface area contributed by atoms with Crippen LogP contribution in [0.5, 0.6) is 0 Å². The van der Waals surface area contributed by atoms with Crippen molar-refractivity contribution in [1.29, 1.82) is 0 Å². The third kappa shape index (κ3) is 4.26. The predicted octanol–water partition coefficient (Wildman–Crippen LogP) is 4.90. The molecule has 0 amide bonds. The largest absolute Gasteiger partial charge is 0.391 e. The van der Waals surface area contributed by atoms with Crippen molar-refractivity contribution in [3.8, 4) is 0 Å². The maximum atomic E-state index is 10.4. The molecule has 0 aliphatic heterocycles. The minimum absolute atomic E-state index is 0.170. The van der Waals surface area contributed by atoms with E-state index in [0.717, 1.165) is 26.8 Å². The van der Waals surface area contributed by atoms with Crippen LogP contribution in [-0.2, 0) is 0 Å². The molecule has 0 radical (unpaired) electrons. The van der Waals surface area contributed by atoms with E-state index in [9.17, 15) is 5.11 Å². The van der Waals surface area contributed by atoms with Gasteiger partial charge in [-0.3, -0.25) is 0 Å². The molecule has 1 unspecified atom stereocenters. The molecule has 0 saturated heterocycles. The van der Waals surface area contributed by atoms with Crippen molar-refractivity contribution in [2.45, 2.75) is 42.2 Å². The Morgan fingerprint density at radius 2 is 1.77 bits per heavy atom. The average molecular weight is 336 g/mol. The van der Waals surface area contributed by atoms with Crippen LogP contribution in [0.1, 0.15) is 31.9 Å². The smallest absolute Gasteiger partial charge is 0.0758 e. The van der Waals surface area contributed by atoms with Crippen LogP contribution in [0, 0.1) is 5.92 Å². The Hall–Kier alpha value is -1.00. The van der Waals surface area contributed by atoms with Gasteiger partial charge in [0.1, 0.15) is 0 Å². The maximum absolute atomic E-state index is 10.4. The Morgan fingerprint density at radius 3 is 2.41 bits per heavy atom. The van der Waals surface area contributed by atoms with Crippen LogP contribution in [0.15, 0.2) is 58.3 Å². The van der Waals surface area contributed by atoms with Gasteiger partial charge in [0.05, 0.1) is 12.1 Å². The van der Waals surface area contributed by atoms with Crippen LogP contribution in [0.4, 0.5) is 0 Å². The summed E-state index contributed by atoms with van der Waals surface area (Å²) in [6.45, 7) is 4.09. The summed E-state index contributed by atoms with van der Waals surface area (Å²) in [7, 11) is 0. The lowest BCUT2D eigenvalue weighted by molar-refractivity contribution is 0.0872. The van der Waals surface area contributed by atoms with Gasteiger partial charge in [-0.05, 0) is 41.8 Å². The van der Waals surface area contributed by atoms with Crippen LogP contribution >= 0.6 is 23.4 Å². The van der Waals surface area contributed by atoms with Crippen molar-refractivity contribution in [2.75, 3.05) is 0 Å². The van der Waals surface area contributed by atoms with Crippen molar-refractivity contribution < 1.29 is 5.11 Å². The molecule has 2 aromatic carbocycles. The third-order valence-corrected chi connectivity index (χ3v) is 5.27. The lowest BCUT2D eigenvalue weighted by Gasteiger charge is -2.25. The van der Waals surface area contributed by atoms with Gasteiger partial charge in [0.15, 0.2) is 0 Å². The second-order valence-corrected chi connectivity index (χ2v) is 7.05. The number of hydrogen-bond donors (Lipinski definition) is 2. The number of benzene rings is 2. The van der Waals surface area contributed by atoms with Crippen LogP contribution in [0.3, 0.4) is 0 Å². The molecule has 2 aromatic rings. The first kappa shape index (κ1) is 17.4. The molecule has 0 aromatic heterocycles. The Bertz CT molecular complexity index is 602. The molecule has 0 bridgehead atoms. The first-order valence-corrected chi connectivity index (χ1v) is 8.68. The number of hydrogen-bond acceptors (Lipinski definition) is 3. The summed E-state index contributed by atoms with van der Waals surface area (Å²) >= 11 is 7.56. The van der Waals surface area contributed by atoms with E-state index in [1.165, 1.54) is 0 Å². The van der Waals surface area contributed by atoms with E-state index in [0.29, 0.717) is 0 Å². The van der Waals surface area contributed by atoms with E-state index in [4.69, 9.17) is 17.3 Å². The average Bonchev–Trinajstić information content (AvgIpc) is 2.55. The van der Waals surface area contributed by atoms with Gasteiger partial charge in [0.25, 0.3) is 0 Å². The number of halogens is 1. The zero-order valence-corrected chi connectivity index (χ0v) is 14.4. The zero-order chi connectivity index (χ0) is 16.1. The van der Waals surface area contributed by atoms with E-state index in [1.807, 2.05) is 55.5 Å². The van der Waals surface area contributed by atoms with Crippen molar-refractivity contribution in [1.82, 2.24) is 0 Å². The number of aliphatic hydroxyl groups excluding tert-OH is 1. The molecule has 2 nitrogen and oxygen atoms in total. The van der Waals surface area contributed by atoms with Crippen LogP contribution in [0.2, 0.25) is 5.02 Å². The summed E-state index contributed by atoms with van der Waals surface area (Å²) in [5.41, 5.74) is 7.29. The van der Waals surface area contributed by atoms with Gasteiger partial charge in [-0.15, -0.1) is 0 Å². The Morgan fingerprint density at radius 1 is 1.14 bits per heavy atom. The van der Waals surface area contributed by atoms with Gasteiger partial charge in [0.2, 0.25) is 0 Å².